The Kier molecular flexibility index (Phi) is 5.58. The van der Waals surface area contributed by atoms with E-state index in [1.807, 2.05) is 0 Å². The fourth-order valence-corrected chi connectivity index (χ4v) is 2.28. The van der Waals surface area contributed by atoms with Crippen LogP contribution in [0.5, 0.6) is 0 Å². The minimum atomic E-state index is -0.224. The number of likely N-dealkylation sites (tertiary alicyclic amines) is 1. The molecule has 0 radical (unpaired) electrons. The smallest absolute Gasteiger partial charge is 0.0791 e. The zero-order chi connectivity index (χ0) is 11.3. The number of nitrogens with zero attached hydrogens (tertiary/aromatic N) is 1. The van der Waals surface area contributed by atoms with Crippen LogP contribution in [0.4, 0.5) is 0 Å². The fourth-order valence-electron chi connectivity index (χ4n) is 2.28. The molecule has 1 heterocycles. The summed E-state index contributed by atoms with van der Waals surface area (Å²) in [4.78, 5) is 2.43. The third-order valence-electron chi connectivity index (χ3n) is 3.32. The number of rotatable bonds is 5. The highest BCUT2D eigenvalue weighted by atomic mass is 16.3. The van der Waals surface area contributed by atoms with Crippen LogP contribution in [0.25, 0.3) is 0 Å². The number of likely N-dealkylation sites (N-methyl/N-ethyl adjacent to an activating group) is 1. The highest BCUT2D eigenvalue weighted by molar-refractivity contribution is 4.79. The summed E-state index contributed by atoms with van der Waals surface area (Å²) < 4.78 is 0. The maximum atomic E-state index is 9.83. The number of piperidine rings is 1. The molecule has 3 heteroatoms. The van der Waals surface area contributed by atoms with Crippen molar-refractivity contribution in [3.05, 3.63) is 0 Å². The summed E-state index contributed by atoms with van der Waals surface area (Å²) in [6.07, 6.45) is 2.38. The Morgan fingerprint density at radius 3 is 2.80 bits per heavy atom. The lowest BCUT2D eigenvalue weighted by Gasteiger charge is -2.37. The number of hydrogen-bond donors (Lipinski definition) is 2. The van der Waals surface area contributed by atoms with Crippen LogP contribution in [-0.2, 0) is 0 Å². The van der Waals surface area contributed by atoms with Crippen LogP contribution >= 0.6 is 0 Å². The van der Waals surface area contributed by atoms with Crippen LogP contribution in [0.1, 0.15) is 33.6 Å². The zero-order valence-corrected chi connectivity index (χ0v) is 10.4. The predicted molar refractivity (Wildman–Crippen MR) is 64.0 cm³/mol. The van der Waals surface area contributed by atoms with Crippen molar-refractivity contribution >= 4 is 0 Å². The van der Waals surface area contributed by atoms with Crippen molar-refractivity contribution in [3.8, 4) is 0 Å². The molecule has 90 valence electrons. The van der Waals surface area contributed by atoms with E-state index in [9.17, 15) is 5.11 Å². The van der Waals surface area contributed by atoms with Crippen LogP contribution in [0.2, 0.25) is 0 Å². The quantitative estimate of drug-likeness (QED) is 0.719. The van der Waals surface area contributed by atoms with Gasteiger partial charge in [-0.3, -0.25) is 4.90 Å². The van der Waals surface area contributed by atoms with E-state index in [-0.39, 0.29) is 6.10 Å². The van der Waals surface area contributed by atoms with Gasteiger partial charge in [-0.1, -0.05) is 13.8 Å². The first-order valence-corrected chi connectivity index (χ1v) is 6.26. The molecule has 0 aliphatic carbocycles. The van der Waals surface area contributed by atoms with Gasteiger partial charge in [0.25, 0.3) is 0 Å². The minimum absolute atomic E-state index is 0.224. The van der Waals surface area contributed by atoms with E-state index in [0.29, 0.717) is 12.6 Å². The number of aliphatic hydroxyl groups is 1. The number of β-amino-alcohol motifs (C(OH)–C–C–N with tert-alkyl or cyclic N) is 1. The van der Waals surface area contributed by atoms with Crippen molar-refractivity contribution in [2.75, 3.05) is 26.2 Å². The van der Waals surface area contributed by atoms with Gasteiger partial charge in [-0.2, -0.15) is 0 Å². The van der Waals surface area contributed by atoms with Crippen LogP contribution < -0.4 is 5.32 Å². The summed E-state index contributed by atoms with van der Waals surface area (Å²) >= 11 is 0. The third kappa shape index (κ3) is 4.49. The van der Waals surface area contributed by atoms with Gasteiger partial charge >= 0.3 is 0 Å². The van der Waals surface area contributed by atoms with Crippen LogP contribution in [0.15, 0.2) is 0 Å². The molecule has 0 aromatic heterocycles. The molecule has 1 aliphatic rings. The van der Waals surface area contributed by atoms with Gasteiger partial charge in [0, 0.05) is 25.7 Å². The molecule has 0 amide bonds. The normalized spacial score (nSPS) is 30.4. The molecule has 1 rings (SSSR count). The Morgan fingerprint density at radius 2 is 2.13 bits per heavy atom. The van der Waals surface area contributed by atoms with Crippen LogP contribution in [0, 0.1) is 5.92 Å². The van der Waals surface area contributed by atoms with Crippen molar-refractivity contribution in [1.82, 2.24) is 10.2 Å². The zero-order valence-electron chi connectivity index (χ0n) is 10.4. The van der Waals surface area contributed by atoms with E-state index in [4.69, 9.17) is 0 Å². The second-order valence-electron chi connectivity index (χ2n) is 4.95. The molecule has 1 aliphatic heterocycles. The minimum Gasteiger partial charge on any atom is -0.390 e. The lowest BCUT2D eigenvalue weighted by Crippen LogP contribution is -2.46. The molecule has 1 saturated heterocycles. The van der Waals surface area contributed by atoms with E-state index in [1.54, 1.807) is 0 Å². The van der Waals surface area contributed by atoms with Gasteiger partial charge in [0.05, 0.1) is 6.10 Å². The van der Waals surface area contributed by atoms with Crippen molar-refractivity contribution in [2.24, 2.45) is 5.92 Å². The van der Waals surface area contributed by atoms with Gasteiger partial charge < -0.3 is 10.4 Å². The monoisotopic (exact) mass is 214 g/mol. The van der Waals surface area contributed by atoms with Gasteiger partial charge in [-0.25, -0.2) is 0 Å². The fraction of sp³-hybridized carbons (Fsp3) is 1.00. The average molecular weight is 214 g/mol. The lowest BCUT2D eigenvalue weighted by molar-refractivity contribution is 0.0574. The largest absolute Gasteiger partial charge is 0.390 e. The third-order valence-corrected chi connectivity index (χ3v) is 3.32. The van der Waals surface area contributed by atoms with E-state index in [1.165, 1.54) is 12.8 Å². The van der Waals surface area contributed by atoms with Crippen molar-refractivity contribution in [2.45, 2.75) is 45.8 Å². The highest BCUT2D eigenvalue weighted by Gasteiger charge is 2.24. The van der Waals surface area contributed by atoms with E-state index < -0.39 is 0 Å². The summed E-state index contributed by atoms with van der Waals surface area (Å²) in [5, 5.41) is 13.0. The second kappa shape index (κ2) is 6.46. The molecule has 1 fully saturated rings. The topological polar surface area (TPSA) is 35.5 Å². The first-order chi connectivity index (χ1) is 7.13. The number of aliphatic hydroxyl groups excluding tert-OH is 1. The Balaban J connectivity index is 2.28. The van der Waals surface area contributed by atoms with Gasteiger partial charge in [-0.15, -0.1) is 0 Å². The first kappa shape index (κ1) is 12.9. The molecule has 0 saturated carbocycles. The maximum Gasteiger partial charge on any atom is 0.0791 e. The van der Waals surface area contributed by atoms with Crippen LogP contribution in [-0.4, -0.2) is 48.3 Å². The Bertz CT molecular complexity index is 175. The summed E-state index contributed by atoms with van der Waals surface area (Å²) in [6, 6.07) is 0.637. The molecule has 3 unspecified atom stereocenters. The molecule has 15 heavy (non-hydrogen) atoms. The van der Waals surface area contributed by atoms with Crippen LogP contribution in [0.3, 0.4) is 0 Å². The number of nitrogens with one attached hydrogen (secondary N) is 1. The summed E-state index contributed by atoms with van der Waals surface area (Å²) in [5.41, 5.74) is 0. The van der Waals surface area contributed by atoms with Gasteiger partial charge in [0.1, 0.15) is 0 Å². The lowest BCUT2D eigenvalue weighted by atomic mass is 9.95. The molecule has 0 aromatic rings. The summed E-state index contributed by atoms with van der Waals surface area (Å²) in [5.74, 6) is 0.785. The summed E-state index contributed by atoms with van der Waals surface area (Å²) in [6.45, 7) is 10.2. The molecule has 3 atom stereocenters. The van der Waals surface area contributed by atoms with E-state index >= 15 is 0 Å². The SMILES string of the molecule is CCNCC(O)CN1CC(C)CCC1C. The van der Waals surface area contributed by atoms with Crippen molar-refractivity contribution in [3.63, 3.8) is 0 Å². The van der Waals surface area contributed by atoms with E-state index in [0.717, 1.165) is 25.6 Å². The Morgan fingerprint density at radius 1 is 1.40 bits per heavy atom. The predicted octanol–water partition coefficient (Wildman–Crippen LogP) is 1.08. The Labute approximate surface area is 93.9 Å². The standard InChI is InChI=1S/C12H26N2O/c1-4-13-7-12(15)9-14-8-10(2)5-6-11(14)3/h10-13,15H,4-9H2,1-3H3. The molecule has 0 bridgehead atoms. The molecule has 0 spiro atoms. The van der Waals surface area contributed by atoms with Crippen molar-refractivity contribution < 1.29 is 5.11 Å². The molecular formula is C12H26N2O. The second-order valence-corrected chi connectivity index (χ2v) is 4.95. The number of hydrogen-bond acceptors (Lipinski definition) is 3. The molecule has 0 aromatic carbocycles. The van der Waals surface area contributed by atoms with Gasteiger partial charge in [0.15, 0.2) is 0 Å². The Hall–Kier alpha value is -0.120. The maximum absolute atomic E-state index is 9.83. The van der Waals surface area contributed by atoms with Gasteiger partial charge in [-0.05, 0) is 32.2 Å². The molecular weight excluding hydrogens is 188 g/mol. The van der Waals surface area contributed by atoms with E-state index in [2.05, 4.69) is 31.0 Å². The molecule has 3 nitrogen and oxygen atoms in total. The first-order valence-electron chi connectivity index (χ1n) is 6.26. The molecule has 2 N–H and O–H groups in total. The van der Waals surface area contributed by atoms with Gasteiger partial charge in [0.2, 0.25) is 0 Å². The average Bonchev–Trinajstić information content (AvgIpc) is 2.20. The highest BCUT2D eigenvalue weighted by Crippen LogP contribution is 2.21. The summed E-state index contributed by atoms with van der Waals surface area (Å²) in [7, 11) is 0. The van der Waals surface area contributed by atoms with Crippen molar-refractivity contribution in [1.29, 1.82) is 0 Å².